The van der Waals surface area contributed by atoms with Crippen molar-refractivity contribution in [2.75, 3.05) is 13.2 Å². The first-order valence-corrected chi connectivity index (χ1v) is 11.7. The second-order valence-corrected chi connectivity index (χ2v) is 9.36. The Morgan fingerprint density at radius 3 is 1.76 bits per heavy atom. The van der Waals surface area contributed by atoms with Crippen LogP contribution in [0.1, 0.15) is 23.3 Å². The van der Waals surface area contributed by atoms with Crippen molar-refractivity contribution in [2.45, 2.75) is 48.8 Å². The van der Waals surface area contributed by atoms with Crippen LogP contribution in [0.4, 0.5) is 0 Å². The number of phenolic OH excluding ortho intramolecular Hbond substituents is 3. The molecular formula is C25H26O13. The Balaban J connectivity index is 1.80. The molecule has 0 spiro atoms. The molecule has 38 heavy (non-hydrogen) atoms. The van der Waals surface area contributed by atoms with Crippen LogP contribution < -0.4 is 5.43 Å². The van der Waals surface area contributed by atoms with Crippen molar-refractivity contribution in [3.05, 3.63) is 51.7 Å². The van der Waals surface area contributed by atoms with Gasteiger partial charge in [-0.15, -0.1) is 0 Å². The molecule has 9 N–H and O–H groups in total. The number of aliphatic hydroxyl groups excluding tert-OH is 6. The number of hydrogen-bond donors (Lipinski definition) is 9. The minimum absolute atomic E-state index is 0.0475. The molecule has 13 nitrogen and oxygen atoms in total. The van der Waals surface area contributed by atoms with Gasteiger partial charge in [0.25, 0.3) is 0 Å². The number of benzene rings is 2. The lowest BCUT2D eigenvalue weighted by molar-refractivity contribution is -0.191. The van der Waals surface area contributed by atoms with E-state index in [0.29, 0.717) is 5.56 Å². The predicted molar refractivity (Wildman–Crippen MR) is 126 cm³/mol. The zero-order valence-corrected chi connectivity index (χ0v) is 19.6. The first-order chi connectivity index (χ1) is 18.0. The summed E-state index contributed by atoms with van der Waals surface area (Å²) in [6.45, 7) is -0.966. The molecule has 2 fully saturated rings. The molecule has 3 heterocycles. The maximum Gasteiger partial charge on any atom is 0.197 e. The molecule has 0 aliphatic carbocycles. The van der Waals surface area contributed by atoms with Gasteiger partial charge in [0.2, 0.25) is 0 Å². The molecule has 0 radical (unpaired) electrons. The Bertz CT molecular complexity index is 1400. The Morgan fingerprint density at radius 2 is 1.21 bits per heavy atom. The predicted octanol–water partition coefficient (Wildman–Crippen LogP) is -1.12. The van der Waals surface area contributed by atoms with Gasteiger partial charge in [0, 0.05) is 11.6 Å². The zero-order chi connectivity index (χ0) is 27.5. The maximum absolute atomic E-state index is 13.3. The Morgan fingerprint density at radius 1 is 0.684 bits per heavy atom. The van der Waals surface area contributed by atoms with Crippen molar-refractivity contribution < 1.29 is 59.8 Å². The van der Waals surface area contributed by atoms with Gasteiger partial charge < -0.3 is 59.8 Å². The third-order valence-electron chi connectivity index (χ3n) is 6.92. The van der Waals surface area contributed by atoms with Gasteiger partial charge in [-0.1, -0.05) is 0 Å². The van der Waals surface area contributed by atoms with Crippen LogP contribution in [0, 0.1) is 0 Å². The van der Waals surface area contributed by atoms with E-state index in [9.17, 15) is 50.8 Å². The lowest BCUT2D eigenvalue weighted by Crippen LogP contribution is -2.49. The molecule has 2 aromatic carbocycles. The van der Waals surface area contributed by atoms with Crippen molar-refractivity contribution in [2.24, 2.45) is 0 Å². The van der Waals surface area contributed by atoms with Crippen LogP contribution in [0.25, 0.3) is 22.3 Å². The fraction of sp³-hybridized carbons (Fsp3) is 0.400. The normalized spacial score (nSPS) is 31.9. The van der Waals surface area contributed by atoms with Gasteiger partial charge in [-0.2, -0.15) is 0 Å². The van der Waals surface area contributed by atoms with Crippen molar-refractivity contribution in [3.63, 3.8) is 0 Å². The fourth-order valence-electron chi connectivity index (χ4n) is 4.83. The fourth-order valence-corrected chi connectivity index (χ4v) is 4.83. The molecule has 1 aromatic heterocycles. The summed E-state index contributed by atoms with van der Waals surface area (Å²) in [7, 11) is 0. The van der Waals surface area contributed by atoms with Crippen LogP contribution in [0.5, 0.6) is 17.2 Å². The summed E-state index contributed by atoms with van der Waals surface area (Å²) in [6, 6.07) is 6.60. The molecule has 3 aromatic rings. The number of hydrogen-bond acceptors (Lipinski definition) is 13. The first kappa shape index (κ1) is 26.3. The third-order valence-corrected chi connectivity index (χ3v) is 6.92. The standard InChI is InChI=1S/C25H26O13/c26-9-3-1-8(2-4-9)13-5-10(27)14-19(32)15(24-21(34)17(30)11(28)6-36-24)20(33)16(23(14)38-13)25-22(35)18(31)12(29)7-37-25/h1-5,11-12,17-18,21-22,24-26,28-35H,6-7H2/t11-,12-,17+,18-,21+,22-,24-,25-/m0/s1. The number of aromatic hydroxyl groups is 3. The summed E-state index contributed by atoms with van der Waals surface area (Å²) < 4.78 is 16.8. The van der Waals surface area contributed by atoms with Crippen molar-refractivity contribution in [1.29, 1.82) is 0 Å². The summed E-state index contributed by atoms with van der Waals surface area (Å²) in [5.41, 5.74) is -1.86. The lowest BCUT2D eigenvalue weighted by atomic mass is 9.87. The van der Waals surface area contributed by atoms with E-state index >= 15 is 0 Å². The van der Waals surface area contributed by atoms with Crippen LogP contribution in [0.3, 0.4) is 0 Å². The minimum Gasteiger partial charge on any atom is -0.508 e. The Kier molecular flexibility index (Phi) is 6.79. The zero-order valence-electron chi connectivity index (χ0n) is 19.6. The van der Waals surface area contributed by atoms with E-state index in [2.05, 4.69) is 0 Å². The van der Waals surface area contributed by atoms with Gasteiger partial charge >= 0.3 is 0 Å². The third kappa shape index (κ3) is 4.19. The summed E-state index contributed by atoms with van der Waals surface area (Å²) in [5, 5.41) is 93.1. The van der Waals surface area contributed by atoms with Crippen molar-refractivity contribution in [3.8, 4) is 28.6 Å². The molecule has 204 valence electrons. The van der Waals surface area contributed by atoms with E-state index in [-0.39, 0.29) is 11.5 Å². The highest BCUT2D eigenvalue weighted by molar-refractivity contribution is 5.91. The van der Waals surface area contributed by atoms with E-state index in [1.165, 1.54) is 24.3 Å². The van der Waals surface area contributed by atoms with Gasteiger partial charge in [0.15, 0.2) is 11.0 Å². The average Bonchev–Trinajstić information content (AvgIpc) is 2.88. The molecule has 13 heteroatoms. The number of rotatable bonds is 3. The van der Waals surface area contributed by atoms with Crippen LogP contribution in [-0.2, 0) is 9.47 Å². The monoisotopic (exact) mass is 534 g/mol. The molecule has 8 atom stereocenters. The number of fused-ring (bicyclic) bond motifs is 1. The van der Waals surface area contributed by atoms with E-state index in [4.69, 9.17) is 13.9 Å². The SMILES string of the molecule is O=c1cc(-c2ccc(O)cc2)oc2c([C@@H]3OC[C@H](O)[C@H](O)[C@@H]3O)c(O)c([C@@H]3OC[C@H](O)[C@@H](O)[C@H]3O)c(O)c12. The van der Waals surface area contributed by atoms with Crippen molar-refractivity contribution in [1.82, 2.24) is 0 Å². The minimum atomic E-state index is -1.85. The summed E-state index contributed by atoms with van der Waals surface area (Å²) in [5.74, 6) is -1.80. The van der Waals surface area contributed by atoms with Crippen molar-refractivity contribution >= 4 is 11.0 Å². The van der Waals surface area contributed by atoms with Gasteiger partial charge in [0.05, 0.1) is 24.3 Å². The molecule has 0 bridgehead atoms. The highest BCUT2D eigenvalue weighted by Gasteiger charge is 2.46. The Labute approximate surface area is 213 Å². The van der Waals surface area contributed by atoms with Gasteiger partial charge in [0.1, 0.15) is 77.2 Å². The molecular weight excluding hydrogens is 508 g/mol. The summed E-state index contributed by atoms with van der Waals surface area (Å²) in [4.78, 5) is 13.3. The summed E-state index contributed by atoms with van der Waals surface area (Å²) >= 11 is 0. The van der Waals surface area contributed by atoms with Crippen LogP contribution in [0.2, 0.25) is 0 Å². The smallest absolute Gasteiger partial charge is 0.197 e. The second-order valence-electron chi connectivity index (χ2n) is 9.36. The van der Waals surface area contributed by atoms with E-state index in [0.717, 1.165) is 6.07 Å². The van der Waals surface area contributed by atoms with E-state index < -0.39 is 101 Å². The van der Waals surface area contributed by atoms with Gasteiger partial charge in [-0.3, -0.25) is 4.79 Å². The summed E-state index contributed by atoms with van der Waals surface area (Å²) in [6.07, 6.45) is -13.3. The second kappa shape index (κ2) is 9.80. The molecule has 0 amide bonds. The maximum atomic E-state index is 13.3. The largest absolute Gasteiger partial charge is 0.508 e. The van der Waals surface area contributed by atoms with E-state index in [1.807, 2.05) is 0 Å². The highest BCUT2D eigenvalue weighted by Crippen LogP contribution is 2.50. The molecule has 2 aliphatic rings. The van der Waals surface area contributed by atoms with Crippen LogP contribution in [-0.4, -0.2) is 95.8 Å². The molecule has 0 saturated carbocycles. The number of ether oxygens (including phenoxy) is 2. The first-order valence-electron chi connectivity index (χ1n) is 11.7. The molecule has 2 saturated heterocycles. The Hall–Kier alpha value is -3.27. The van der Waals surface area contributed by atoms with Gasteiger partial charge in [-0.25, -0.2) is 0 Å². The molecule has 2 aliphatic heterocycles. The molecule has 5 rings (SSSR count). The van der Waals surface area contributed by atoms with Gasteiger partial charge in [-0.05, 0) is 24.3 Å². The lowest BCUT2D eigenvalue weighted by Gasteiger charge is -2.38. The van der Waals surface area contributed by atoms with Crippen LogP contribution >= 0.6 is 0 Å². The highest BCUT2D eigenvalue weighted by atomic mass is 16.5. The molecule has 0 unspecified atom stereocenters. The topological polar surface area (TPSA) is 231 Å². The van der Waals surface area contributed by atoms with Crippen LogP contribution in [0.15, 0.2) is 39.5 Å². The average molecular weight is 534 g/mol. The number of aliphatic hydroxyl groups is 6. The van der Waals surface area contributed by atoms with E-state index in [1.54, 1.807) is 0 Å². The quantitative estimate of drug-likeness (QED) is 0.194. The number of phenols is 3.